The van der Waals surface area contributed by atoms with E-state index in [-0.39, 0.29) is 17.5 Å². The lowest BCUT2D eigenvalue weighted by Gasteiger charge is -2.10. The van der Waals surface area contributed by atoms with E-state index in [4.69, 9.17) is 4.98 Å². The van der Waals surface area contributed by atoms with Gasteiger partial charge in [-0.2, -0.15) is 0 Å². The van der Waals surface area contributed by atoms with Gasteiger partial charge in [-0.05, 0) is 38.7 Å². The van der Waals surface area contributed by atoms with Crippen LogP contribution in [0.15, 0.2) is 4.79 Å². The minimum atomic E-state index is -0.0977. The van der Waals surface area contributed by atoms with Crippen LogP contribution in [0.5, 0.6) is 0 Å². The monoisotopic (exact) mass is 333 g/mol. The Kier molecular flexibility index (Phi) is 4.53. The highest BCUT2D eigenvalue weighted by Crippen LogP contribution is 2.28. The van der Waals surface area contributed by atoms with Gasteiger partial charge in [0.05, 0.1) is 10.3 Å². The van der Waals surface area contributed by atoms with Crippen LogP contribution in [0.1, 0.15) is 60.6 Å². The van der Waals surface area contributed by atoms with Gasteiger partial charge in [0.1, 0.15) is 10.7 Å². The number of amides is 1. The second-order valence-electron chi connectivity index (χ2n) is 6.31. The van der Waals surface area contributed by atoms with E-state index < -0.39 is 0 Å². The number of carbonyl (C=O) groups is 1. The number of carbonyl (C=O) groups excluding carboxylic acids is 1. The number of fused-ring (bicyclic) bond motifs is 2. The Morgan fingerprint density at radius 1 is 1.39 bits per heavy atom. The minimum Gasteiger partial charge on any atom is -0.349 e. The number of nitrogens with zero attached hydrogens (tertiary/aromatic N) is 2. The molecule has 5 nitrogen and oxygen atoms in total. The zero-order valence-corrected chi connectivity index (χ0v) is 14.8. The van der Waals surface area contributed by atoms with Crippen LogP contribution in [0.25, 0.3) is 10.2 Å². The minimum absolute atomic E-state index is 0.0169. The molecule has 1 N–H and O–H groups in total. The summed E-state index contributed by atoms with van der Waals surface area (Å²) in [5.74, 6) is 0.773. The van der Waals surface area contributed by atoms with Crippen LogP contribution < -0.4 is 10.9 Å². The molecule has 0 saturated carbocycles. The predicted molar refractivity (Wildman–Crippen MR) is 93.4 cm³/mol. The van der Waals surface area contributed by atoms with E-state index in [0.29, 0.717) is 15.1 Å². The molecule has 124 valence electrons. The number of aryl methyl sites for hydroxylation is 2. The van der Waals surface area contributed by atoms with E-state index in [1.165, 1.54) is 11.3 Å². The fourth-order valence-electron chi connectivity index (χ4n) is 3.02. The first-order chi connectivity index (χ1) is 11.0. The average molecular weight is 333 g/mol. The first-order valence-corrected chi connectivity index (χ1v) is 9.18. The van der Waals surface area contributed by atoms with Crippen molar-refractivity contribution in [3.05, 3.63) is 26.6 Å². The summed E-state index contributed by atoms with van der Waals surface area (Å²) in [5, 5.41) is 3.60. The van der Waals surface area contributed by atoms with Gasteiger partial charge in [-0.3, -0.25) is 14.2 Å². The van der Waals surface area contributed by atoms with Crippen molar-refractivity contribution in [2.45, 2.75) is 65.5 Å². The van der Waals surface area contributed by atoms with Gasteiger partial charge >= 0.3 is 0 Å². The van der Waals surface area contributed by atoms with Crippen LogP contribution in [-0.4, -0.2) is 21.5 Å². The summed E-state index contributed by atoms with van der Waals surface area (Å²) in [5.41, 5.74) is 0.783. The fourth-order valence-corrected chi connectivity index (χ4v) is 4.11. The fraction of sp³-hybridized carbons (Fsp3) is 0.588. The van der Waals surface area contributed by atoms with Gasteiger partial charge in [-0.1, -0.05) is 13.3 Å². The molecule has 0 aliphatic carbocycles. The number of nitrogens with one attached hydrogen (secondary N) is 1. The first-order valence-electron chi connectivity index (χ1n) is 8.36. The number of rotatable bonds is 3. The van der Waals surface area contributed by atoms with Gasteiger partial charge < -0.3 is 5.32 Å². The maximum atomic E-state index is 12.9. The average Bonchev–Trinajstić information content (AvgIpc) is 2.71. The Labute approximate surface area is 139 Å². The highest BCUT2D eigenvalue weighted by molar-refractivity contribution is 7.20. The normalized spacial score (nSPS) is 16.0. The Balaban J connectivity index is 2.10. The molecule has 23 heavy (non-hydrogen) atoms. The van der Waals surface area contributed by atoms with E-state index in [0.717, 1.165) is 50.0 Å². The number of hydrogen-bond acceptors (Lipinski definition) is 4. The molecule has 3 heterocycles. The lowest BCUT2D eigenvalue weighted by molar-refractivity contribution is 0.0943. The summed E-state index contributed by atoms with van der Waals surface area (Å²) in [6.07, 6.45) is 4.95. The summed E-state index contributed by atoms with van der Waals surface area (Å²) in [6.45, 7) is 6.61. The molecule has 1 atom stereocenters. The van der Waals surface area contributed by atoms with Crippen molar-refractivity contribution >= 4 is 27.5 Å². The van der Waals surface area contributed by atoms with Crippen molar-refractivity contribution in [1.82, 2.24) is 14.9 Å². The molecule has 1 amide bonds. The maximum Gasteiger partial charge on any atom is 0.262 e. The summed E-state index contributed by atoms with van der Waals surface area (Å²) in [4.78, 5) is 31.3. The molecule has 0 bridgehead atoms. The number of aromatic nitrogens is 2. The summed E-state index contributed by atoms with van der Waals surface area (Å²) in [6, 6.07) is 0.123. The van der Waals surface area contributed by atoms with Crippen LogP contribution in [0.3, 0.4) is 0 Å². The standard InChI is InChI=1S/C17H23N3O2S/c1-4-10(2)18-15(21)14-11(3)13-16(23-14)19-12-8-6-5-7-9-20(12)17(13)22/h10H,4-9H2,1-3H3,(H,18,21)/t10-/m1/s1. The molecule has 0 fully saturated rings. The van der Waals surface area contributed by atoms with Crippen molar-refractivity contribution in [1.29, 1.82) is 0 Å². The van der Waals surface area contributed by atoms with Gasteiger partial charge in [0, 0.05) is 19.0 Å². The topological polar surface area (TPSA) is 64.0 Å². The van der Waals surface area contributed by atoms with Crippen molar-refractivity contribution in [2.75, 3.05) is 0 Å². The third-order valence-electron chi connectivity index (χ3n) is 4.61. The Morgan fingerprint density at radius 2 is 2.17 bits per heavy atom. The zero-order chi connectivity index (χ0) is 16.6. The van der Waals surface area contributed by atoms with Gasteiger partial charge in [-0.25, -0.2) is 4.98 Å². The molecule has 2 aromatic heterocycles. The first kappa shape index (κ1) is 16.2. The quantitative estimate of drug-likeness (QED) is 0.939. The molecule has 0 aromatic carbocycles. The molecule has 6 heteroatoms. The van der Waals surface area contributed by atoms with Crippen LogP contribution in [-0.2, 0) is 13.0 Å². The molecule has 2 aromatic rings. The van der Waals surface area contributed by atoms with Crippen molar-refractivity contribution in [2.24, 2.45) is 0 Å². The molecule has 0 saturated heterocycles. The van der Waals surface area contributed by atoms with Gasteiger partial charge in [-0.15, -0.1) is 11.3 Å². The van der Waals surface area contributed by atoms with Crippen LogP contribution in [0.4, 0.5) is 0 Å². The molecule has 1 aliphatic heterocycles. The lowest BCUT2D eigenvalue weighted by atomic mass is 10.2. The summed E-state index contributed by atoms with van der Waals surface area (Å²) < 4.78 is 1.81. The van der Waals surface area contributed by atoms with Crippen LogP contribution in [0.2, 0.25) is 0 Å². The van der Waals surface area contributed by atoms with Crippen molar-refractivity contribution < 1.29 is 4.79 Å². The van der Waals surface area contributed by atoms with E-state index in [1.807, 2.05) is 25.3 Å². The number of hydrogen-bond donors (Lipinski definition) is 1. The SMILES string of the molecule is CC[C@@H](C)NC(=O)c1sc2nc3n(c(=O)c2c1C)CCCCC3. The molecular weight excluding hydrogens is 310 g/mol. The predicted octanol–water partition coefficient (Wildman–Crippen LogP) is 3.02. The van der Waals surface area contributed by atoms with E-state index in [1.54, 1.807) is 0 Å². The summed E-state index contributed by atoms with van der Waals surface area (Å²) in [7, 11) is 0. The highest BCUT2D eigenvalue weighted by Gasteiger charge is 2.22. The third-order valence-corrected chi connectivity index (χ3v) is 5.79. The van der Waals surface area contributed by atoms with Crippen molar-refractivity contribution in [3.63, 3.8) is 0 Å². The smallest absolute Gasteiger partial charge is 0.262 e. The number of thiophene rings is 1. The van der Waals surface area contributed by atoms with Gasteiger partial charge in [0.25, 0.3) is 11.5 Å². The van der Waals surface area contributed by atoms with Crippen molar-refractivity contribution in [3.8, 4) is 0 Å². The molecule has 0 spiro atoms. The largest absolute Gasteiger partial charge is 0.349 e. The molecule has 1 aliphatic rings. The molecule has 0 unspecified atom stereocenters. The molecule has 0 radical (unpaired) electrons. The molecular formula is C17H23N3O2S. The second-order valence-corrected chi connectivity index (χ2v) is 7.31. The Morgan fingerprint density at radius 3 is 2.91 bits per heavy atom. The Hall–Kier alpha value is -1.69. The van der Waals surface area contributed by atoms with Gasteiger partial charge in [0.15, 0.2) is 0 Å². The highest BCUT2D eigenvalue weighted by atomic mass is 32.1. The summed E-state index contributed by atoms with van der Waals surface area (Å²) >= 11 is 1.34. The van der Waals surface area contributed by atoms with Crippen LogP contribution >= 0.6 is 11.3 Å². The maximum absolute atomic E-state index is 12.9. The second kappa shape index (κ2) is 6.43. The van der Waals surface area contributed by atoms with E-state index in [2.05, 4.69) is 5.32 Å². The zero-order valence-electron chi connectivity index (χ0n) is 13.9. The molecule has 3 rings (SSSR count). The van der Waals surface area contributed by atoms with Crippen LogP contribution in [0, 0.1) is 6.92 Å². The van der Waals surface area contributed by atoms with E-state index in [9.17, 15) is 9.59 Å². The third kappa shape index (κ3) is 2.92. The Bertz CT molecular complexity index is 806. The lowest BCUT2D eigenvalue weighted by Crippen LogP contribution is -2.31. The van der Waals surface area contributed by atoms with Gasteiger partial charge in [0.2, 0.25) is 0 Å². The van der Waals surface area contributed by atoms with E-state index >= 15 is 0 Å².